The lowest BCUT2D eigenvalue weighted by Gasteiger charge is -2.03. The van der Waals surface area contributed by atoms with Gasteiger partial charge in [-0.15, -0.1) is 0 Å². The quantitative estimate of drug-likeness (QED) is 0.914. The Morgan fingerprint density at radius 3 is 2.76 bits per heavy atom. The molecule has 2 rings (SSSR count). The summed E-state index contributed by atoms with van der Waals surface area (Å²) in [7, 11) is 1.72. The topological polar surface area (TPSA) is 38.0 Å². The van der Waals surface area contributed by atoms with Crippen molar-refractivity contribution in [1.29, 1.82) is 0 Å². The van der Waals surface area contributed by atoms with Gasteiger partial charge in [0.2, 0.25) is 0 Å². The van der Waals surface area contributed by atoms with Crippen molar-refractivity contribution in [2.24, 2.45) is 7.05 Å². The van der Waals surface area contributed by atoms with E-state index >= 15 is 0 Å². The summed E-state index contributed by atoms with van der Waals surface area (Å²) >= 11 is 6.06. The summed E-state index contributed by atoms with van der Waals surface area (Å²) in [5.41, 5.74) is 0.982. The molecule has 1 N–H and O–H groups in total. The minimum absolute atomic E-state index is 0.0343. The Morgan fingerprint density at radius 2 is 2.12 bits per heavy atom. The summed E-state index contributed by atoms with van der Waals surface area (Å²) in [4.78, 5) is 4.26. The van der Waals surface area contributed by atoms with Crippen LogP contribution in [-0.4, -0.2) is 21.3 Å². The van der Waals surface area contributed by atoms with Crippen LogP contribution in [0.3, 0.4) is 0 Å². The van der Waals surface area contributed by atoms with Crippen molar-refractivity contribution in [2.75, 3.05) is 6.61 Å². The van der Waals surface area contributed by atoms with E-state index in [0.717, 1.165) is 0 Å². The van der Waals surface area contributed by atoms with Crippen LogP contribution in [0.15, 0.2) is 24.3 Å². The van der Waals surface area contributed by atoms with Crippen molar-refractivity contribution in [1.82, 2.24) is 9.55 Å². The average molecular weight is 255 g/mol. The van der Waals surface area contributed by atoms with Gasteiger partial charge in [-0.05, 0) is 12.1 Å². The number of halogens is 2. The fourth-order valence-electron chi connectivity index (χ4n) is 1.68. The Labute approximate surface area is 103 Å². The maximum Gasteiger partial charge on any atom is 0.144 e. The van der Waals surface area contributed by atoms with Crippen LogP contribution < -0.4 is 0 Å². The zero-order valence-corrected chi connectivity index (χ0v) is 10.1. The fourth-order valence-corrected chi connectivity index (χ4v) is 1.90. The van der Waals surface area contributed by atoms with Crippen molar-refractivity contribution in [3.8, 4) is 11.4 Å². The van der Waals surface area contributed by atoms with Crippen LogP contribution in [0, 0.1) is 5.82 Å². The summed E-state index contributed by atoms with van der Waals surface area (Å²) in [6, 6.07) is 6.39. The monoisotopic (exact) mass is 254 g/mol. The number of rotatable bonds is 3. The van der Waals surface area contributed by atoms with E-state index in [9.17, 15) is 4.39 Å². The SMILES string of the molecule is Cn1c(-c2ccccc2F)nc(CCO)c1Cl. The van der Waals surface area contributed by atoms with Crippen LogP contribution in [-0.2, 0) is 13.5 Å². The van der Waals surface area contributed by atoms with Crippen LogP contribution in [0.2, 0.25) is 5.15 Å². The summed E-state index contributed by atoms with van der Waals surface area (Å²) in [5.74, 6) is 0.129. The number of aliphatic hydroxyl groups is 1. The molecule has 3 nitrogen and oxygen atoms in total. The zero-order chi connectivity index (χ0) is 12.4. The zero-order valence-electron chi connectivity index (χ0n) is 9.32. The highest BCUT2D eigenvalue weighted by atomic mass is 35.5. The van der Waals surface area contributed by atoms with Crippen molar-refractivity contribution < 1.29 is 9.50 Å². The molecule has 5 heteroatoms. The van der Waals surface area contributed by atoms with Crippen molar-refractivity contribution in [3.63, 3.8) is 0 Å². The highest BCUT2D eigenvalue weighted by molar-refractivity contribution is 6.30. The average Bonchev–Trinajstić information content (AvgIpc) is 2.59. The Morgan fingerprint density at radius 1 is 1.41 bits per heavy atom. The third kappa shape index (κ3) is 2.18. The highest BCUT2D eigenvalue weighted by Gasteiger charge is 2.16. The maximum atomic E-state index is 13.6. The molecule has 2 aromatic rings. The lowest BCUT2D eigenvalue weighted by Crippen LogP contribution is -1.94. The van der Waals surface area contributed by atoms with Gasteiger partial charge in [-0.1, -0.05) is 23.7 Å². The van der Waals surface area contributed by atoms with Gasteiger partial charge >= 0.3 is 0 Å². The molecule has 0 fully saturated rings. The second kappa shape index (κ2) is 4.85. The molecule has 0 aliphatic carbocycles. The number of hydrogen-bond acceptors (Lipinski definition) is 2. The van der Waals surface area contributed by atoms with Crippen LogP contribution in [0.5, 0.6) is 0 Å². The third-order valence-corrected chi connectivity index (χ3v) is 3.03. The lowest BCUT2D eigenvalue weighted by atomic mass is 10.2. The number of nitrogens with zero attached hydrogens (tertiary/aromatic N) is 2. The van der Waals surface area contributed by atoms with Gasteiger partial charge in [0, 0.05) is 20.1 Å². The fraction of sp³-hybridized carbons (Fsp3) is 0.250. The smallest absolute Gasteiger partial charge is 0.144 e. The van der Waals surface area contributed by atoms with Crippen molar-refractivity contribution >= 4 is 11.6 Å². The van der Waals surface area contributed by atoms with E-state index in [4.69, 9.17) is 16.7 Å². The standard InChI is InChI=1S/C12H12ClFN2O/c1-16-11(13)10(6-7-17)15-12(16)8-4-2-3-5-9(8)14/h2-5,17H,6-7H2,1H3. The molecule has 0 saturated carbocycles. The highest BCUT2D eigenvalue weighted by Crippen LogP contribution is 2.26. The predicted octanol–water partition coefficient (Wildman–Crippen LogP) is 2.41. The van der Waals surface area contributed by atoms with Gasteiger partial charge in [0.25, 0.3) is 0 Å². The molecule has 0 saturated heterocycles. The normalized spacial score (nSPS) is 10.8. The van der Waals surface area contributed by atoms with E-state index in [-0.39, 0.29) is 12.4 Å². The van der Waals surface area contributed by atoms with E-state index in [1.807, 2.05) is 0 Å². The largest absolute Gasteiger partial charge is 0.396 e. The van der Waals surface area contributed by atoms with Gasteiger partial charge in [-0.2, -0.15) is 0 Å². The molecule has 0 bridgehead atoms. The number of aromatic nitrogens is 2. The van der Waals surface area contributed by atoms with Gasteiger partial charge in [-0.3, -0.25) is 0 Å². The number of benzene rings is 1. The van der Waals surface area contributed by atoms with Crippen molar-refractivity contribution in [2.45, 2.75) is 6.42 Å². The lowest BCUT2D eigenvalue weighted by molar-refractivity contribution is 0.298. The Balaban J connectivity index is 2.53. The van der Waals surface area contributed by atoms with Gasteiger partial charge in [0.15, 0.2) is 0 Å². The minimum Gasteiger partial charge on any atom is -0.396 e. The molecule has 0 unspecified atom stereocenters. The minimum atomic E-state index is -0.340. The molecule has 0 radical (unpaired) electrons. The van der Waals surface area contributed by atoms with E-state index in [0.29, 0.717) is 28.7 Å². The number of hydrogen-bond donors (Lipinski definition) is 1. The van der Waals surface area contributed by atoms with E-state index < -0.39 is 0 Å². The van der Waals surface area contributed by atoms with E-state index in [1.54, 1.807) is 29.8 Å². The summed E-state index contributed by atoms with van der Waals surface area (Å²) in [6.45, 7) is -0.0343. The van der Waals surface area contributed by atoms with Crippen molar-refractivity contribution in [3.05, 3.63) is 40.9 Å². The molecule has 1 aromatic carbocycles. The third-order valence-electron chi connectivity index (χ3n) is 2.55. The first-order valence-electron chi connectivity index (χ1n) is 5.22. The first-order chi connectivity index (χ1) is 8.15. The number of aliphatic hydroxyl groups excluding tert-OH is 1. The molecule has 0 aliphatic heterocycles. The molecular formula is C12H12ClFN2O. The van der Waals surface area contributed by atoms with Crippen LogP contribution in [0.4, 0.5) is 4.39 Å². The summed E-state index contributed by atoms with van der Waals surface area (Å²) in [6.07, 6.45) is 0.362. The van der Waals surface area contributed by atoms with Crippen LogP contribution in [0.1, 0.15) is 5.69 Å². The molecule has 17 heavy (non-hydrogen) atoms. The van der Waals surface area contributed by atoms with Gasteiger partial charge < -0.3 is 9.67 Å². The Kier molecular flexibility index (Phi) is 3.45. The second-order valence-electron chi connectivity index (χ2n) is 3.69. The maximum absolute atomic E-state index is 13.6. The van der Waals surface area contributed by atoms with Crippen LogP contribution >= 0.6 is 11.6 Å². The predicted molar refractivity (Wildman–Crippen MR) is 64.4 cm³/mol. The molecule has 0 aliphatic rings. The second-order valence-corrected chi connectivity index (χ2v) is 4.04. The summed E-state index contributed by atoms with van der Waals surface area (Å²) < 4.78 is 15.3. The molecule has 1 aromatic heterocycles. The molecular weight excluding hydrogens is 243 g/mol. The molecule has 90 valence electrons. The molecule has 0 spiro atoms. The molecule has 0 atom stereocenters. The first-order valence-corrected chi connectivity index (χ1v) is 5.59. The Hall–Kier alpha value is -1.39. The Bertz CT molecular complexity index is 539. The molecule has 1 heterocycles. The van der Waals surface area contributed by atoms with E-state index in [2.05, 4.69) is 4.98 Å². The van der Waals surface area contributed by atoms with Gasteiger partial charge in [0.05, 0.1) is 11.3 Å². The van der Waals surface area contributed by atoms with E-state index in [1.165, 1.54) is 6.07 Å². The summed E-state index contributed by atoms with van der Waals surface area (Å²) in [5, 5.41) is 9.32. The first kappa shape index (κ1) is 12.1. The van der Waals surface area contributed by atoms with Crippen LogP contribution in [0.25, 0.3) is 11.4 Å². The molecule has 0 amide bonds. The number of imidazole rings is 1. The van der Waals surface area contributed by atoms with Gasteiger partial charge in [0.1, 0.15) is 16.8 Å². The van der Waals surface area contributed by atoms with Gasteiger partial charge in [-0.25, -0.2) is 9.37 Å².